The molecule has 128 valence electrons. The first kappa shape index (κ1) is 16.8. The zero-order valence-electron chi connectivity index (χ0n) is 14.2. The summed E-state index contributed by atoms with van der Waals surface area (Å²) in [5, 5.41) is 7.15. The van der Waals surface area contributed by atoms with Crippen molar-refractivity contribution in [2.45, 2.75) is 13.3 Å². The van der Waals surface area contributed by atoms with Crippen LogP contribution in [0.4, 0.5) is 0 Å². The van der Waals surface area contributed by atoms with Gasteiger partial charge in [-0.1, -0.05) is 12.1 Å². The maximum absolute atomic E-state index is 12.2. The van der Waals surface area contributed by atoms with E-state index in [9.17, 15) is 4.79 Å². The summed E-state index contributed by atoms with van der Waals surface area (Å²) >= 11 is 0. The van der Waals surface area contributed by atoms with E-state index in [1.165, 1.54) is 5.56 Å². The predicted molar refractivity (Wildman–Crippen MR) is 97.2 cm³/mol. The van der Waals surface area contributed by atoms with Crippen molar-refractivity contribution < 1.29 is 9.53 Å². The highest BCUT2D eigenvalue weighted by Gasteiger charge is 2.05. The van der Waals surface area contributed by atoms with E-state index in [0.717, 1.165) is 17.9 Å². The highest BCUT2D eigenvalue weighted by Crippen LogP contribution is 2.12. The lowest BCUT2D eigenvalue weighted by atomic mass is 10.1. The van der Waals surface area contributed by atoms with Gasteiger partial charge in [-0.05, 0) is 61.4 Å². The minimum absolute atomic E-state index is 0.0730. The molecule has 0 aliphatic rings. The molecule has 5 nitrogen and oxygen atoms in total. The van der Waals surface area contributed by atoms with Gasteiger partial charge in [-0.3, -0.25) is 4.79 Å². The second-order valence-electron chi connectivity index (χ2n) is 5.58. The Morgan fingerprint density at radius 3 is 2.52 bits per heavy atom. The zero-order chi connectivity index (χ0) is 17.5. The second-order valence-corrected chi connectivity index (χ2v) is 5.58. The van der Waals surface area contributed by atoms with Gasteiger partial charge < -0.3 is 10.1 Å². The van der Waals surface area contributed by atoms with Gasteiger partial charge in [0.1, 0.15) is 5.75 Å². The third-order valence-electron chi connectivity index (χ3n) is 3.83. The molecular formula is C20H21N3O2. The Labute approximate surface area is 147 Å². The molecule has 1 amide bonds. The van der Waals surface area contributed by atoms with Crippen molar-refractivity contribution in [1.29, 1.82) is 0 Å². The fraction of sp³-hybridized carbons (Fsp3) is 0.200. The zero-order valence-corrected chi connectivity index (χ0v) is 14.2. The van der Waals surface area contributed by atoms with Crippen molar-refractivity contribution in [2.75, 3.05) is 13.2 Å². The summed E-state index contributed by atoms with van der Waals surface area (Å²) in [7, 11) is 0. The summed E-state index contributed by atoms with van der Waals surface area (Å²) in [6.07, 6.45) is 4.44. The highest BCUT2D eigenvalue weighted by atomic mass is 16.5. The Balaban J connectivity index is 1.49. The third kappa shape index (κ3) is 4.47. The van der Waals surface area contributed by atoms with Crippen molar-refractivity contribution >= 4 is 5.91 Å². The predicted octanol–water partition coefficient (Wildman–Crippen LogP) is 3.24. The van der Waals surface area contributed by atoms with Crippen LogP contribution < -0.4 is 10.1 Å². The van der Waals surface area contributed by atoms with Crippen molar-refractivity contribution in [2.24, 2.45) is 0 Å². The van der Waals surface area contributed by atoms with E-state index >= 15 is 0 Å². The number of ether oxygens (including phenoxy) is 1. The SMILES string of the molecule is CCOc1ccc(C(=O)NCCc2ccc(-n3cccn3)cc2)cc1. The molecule has 0 unspecified atom stereocenters. The molecule has 25 heavy (non-hydrogen) atoms. The molecule has 1 aromatic heterocycles. The molecular weight excluding hydrogens is 314 g/mol. The van der Waals surface area contributed by atoms with Gasteiger partial charge in [-0.25, -0.2) is 4.68 Å². The van der Waals surface area contributed by atoms with Gasteiger partial charge in [0.05, 0.1) is 12.3 Å². The van der Waals surface area contributed by atoms with Crippen LogP contribution in [-0.2, 0) is 6.42 Å². The van der Waals surface area contributed by atoms with E-state index in [1.807, 2.05) is 48.1 Å². The van der Waals surface area contributed by atoms with Crippen LogP contribution in [0.5, 0.6) is 5.75 Å². The Bertz CT molecular complexity index is 794. The first-order chi connectivity index (χ1) is 12.3. The Kier molecular flexibility index (Phi) is 5.46. The Morgan fingerprint density at radius 2 is 1.88 bits per heavy atom. The number of benzene rings is 2. The van der Waals surface area contributed by atoms with E-state index in [0.29, 0.717) is 18.7 Å². The Morgan fingerprint density at radius 1 is 1.12 bits per heavy atom. The molecule has 1 heterocycles. The lowest BCUT2D eigenvalue weighted by Crippen LogP contribution is -2.25. The van der Waals surface area contributed by atoms with E-state index in [2.05, 4.69) is 22.5 Å². The number of carbonyl (C=O) groups is 1. The first-order valence-corrected chi connectivity index (χ1v) is 8.36. The molecule has 0 aliphatic heterocycles. The number of hydrogen-bond acceptors (Lipinski definition) is 3. The number of rotatable bonds is 7. The summed E-state index contributed by atoms with van der Waals surface area (Å²) in [5.74, 6) is 0.701. The molecule has 0 bridgehead atoms. The van der Waals surface area contributed by atoms with Gasteiger partial charge in [0, 0.05) is 24.5 Å². The van der Waals surface area contributed by atoms with Gasteiger partial charge >= 0.3 is 0 Å². The van der Waals surface area contributed by atoms with Crippen LogP contribution in [0.2, 0.25) is 0 Å². The topological polar surface area (TPSA) is 56.1 Å². The fourth-order valence-corrected chi connectivity index (χ4v) is 2.53. The van der Waals surface area contributed by atoms with Gasteiger partial charge in [-0.2, -0.15) is 5.10 Å². The number of nitrogens with zero attached hydrogens (tertiary/aromatic N) is 2. The summed E-state index contributed by atoms with van der Waals surface area (Å²) in [4.78, 5) is 12.2. The highest BCUT2D eigenvalue weighted by molar-refractivity contribution is 5.94. The molecule has 2 aromatic carbocycles. The maximum Gasteiger partial charge on any atom is 0.251 e. The van der Waals surface area contributed by atoms with Crippen LogP contribution in [-0.4, -0.2) is 28.8 Å². The molecule has 3 aromatic rings. The van der Waals surface area contributed by atoms with Crippen LogP contribution >= 0.6 is 0 Å². The summed E-state index contributed by atoms with van der Waals surface area (Å²) in [5.41, 5.74) is 2.83. The summed E-state index contributed by atoms with van der Waals surface area (Å²) < 4.78 is 7.20. The minimum atomic E-state index is -0.0730. The normalized spacial score (nSPS) is 10.4. The van der Waals surface area contributed by atoms with Crippen LogP contribution in [0.1, 0.15) is 22.8 Å². The van der Waals surface area contributed by atoms with Gasteiger partial charge in [-0.15, -0.1) is 0 Å². The molecule has 0 fully saturated rings. The number of aromatic nitrogens is 2. The molecule has 3 rings (SSSR count). The average Bonchev–Trinajstić information content (AvgIpc) is 3.18. The van der Waals surface area contributed by atoms with Crippen molar-refractivity contribution in [3.05, 3.63) is 78.1 Å². The van der Waals surface area contributed by atoms with E-state index in [1.54, 1.807) is 18.3 Å². The minimum Gasteiger partial charge on any atom is -0.494 e. The van der Waals surface area contributed by atoms with Crippen LogP contribution in [0, 0.1) is 0 Å². The molecule has 0 atom stereocenters. The van der Waals surface area contributed by atoms with Crippen molar-refractivity contribution in [3.8, 4) is 11.4 Å². The van der Waals surface area contributed by atoms with Gasteiger partial charge in [0.25, 0.3) is 5.91 Å². The van der Waals surface area contributed by atoms with Gasteiger partial charge in [0.2, 0.25) is 0 Å². The molecule has 0 saturated heterocycles. The van der Waals surface area contributed by atoms with E-state index in [4.69, 9.17) is 4.74 Å². The van der Waals surface area contributed by atoms with E-state index < -0.39 is 0 Å². The average molecular weight is 335 g/mol. The fourth-order valence-electron chi connectivity index (χ4n) is 2.53. The number of hydrogen-bond donors (Lipinski definition) is 1. The largest absolute Gasteiger partial charge is 0.494 e. The van der Waals surface area contributed by atoms with Crippen LogP contribution in [0.3, 0.4) is 0 Å². The second kappa shape index (κ2) is 8.15. The lowest BCUT2D eigenvalue weighted by molar-refractivity contribution is 0.0954. The monoisotopic (exact) mass is 335 g/mol. The summed E-state index contributed by atoms with van der Waals surface area (Å²) in [6, 6.07) is 17.2. The summed E-state index contributed by atoms with van der Waals surface area (Å²) in [6.45, 7) is 3.14. The molecule has 0 saturated carbocycles. The van der Waals surface area contributed by atoms with E-state index in [-0.39, 0.29) is 5.91 Å². The molecule has 0 aliphatic carbocycles. The third-order valence-corrected chi connectivity index (χ3v) is 3.83. The number of nitrogens with one attached hydrogen (secondary N) is 1. The maximum atomic E-state index is 12.2. The standard InChI is InChI=1S/C20H21N3O2/c1-2-25-19-10-6-17(7-11-19)20(24)21-14-12-16-4-8-18(9-5-16)23-15-3-13-22-23/h3-11,13,15H,2,12,14H2,1H3,(H,21,24). The lowest BCUT2D eigenvalue weighted by Gasteiger charge is -2.08. The molecule has 0 spiro atoms. The molecule has 5 heteroatoms. The Hall–Kier alpha value is -3.08. The van der Waals surface area contributed by atoms with Crippen LogP contribution in [0.15, 0.2) is 67.0 Å². The van der Waals surface area contributed by atoms with Gasteiger partial charge in [0.15, 0.2) is 0 Å². The number of amides is 1. The quantitative estimate of drug-likeness (QED) is 0.721. The van der Waals surface area contributed by atoms with Crippen molar-refractivity contribution in [3.63, 3.8) is 0 Å². The number of carbonyl (C=O) groups excluding carboxylic acids is 1. The first-order valence-electron chi connectivity index (χ1n) is 8.36. The smallest absolute Gasteiger partial charge is 0.251 e. The molecule has 1 N–H and O–H groups in total. The van der Waals surface area contributed by atoms with Crippen LogP contribution in [0.25, 0.3) is 5.69 Å². The van der Waals surface area contributed by atoms with Crippen molar-refractivity contribution in [1.82, 2.24) is 15.1 Å². The molecule has 0 radical (unpaired) electrons.